The van der Waals surface area contributed by atoms with Crippen molar-refractivity contribution < 1.29 is 14.3 Å². The molecule has 0 spiro atoms. The van der Waals surface area contributed by atoms with Crippen LogP contribution in [0.1, 0.15) is 18.4 Å². The Balaban J connectivity index is 1.43. The van der Waals surface area contributed by atoms with Gasteiger partial charge in [-0.3, -0.25) is 4.79 Å². The Morgan fingerprint density at radius 1 is 1.24 bits per heavy atom. The van der Waals surface area contributed by atoms with Crippen LogP contribution in [0.15, 0.2) is 45.8 Å². The number of amides is 1. The van der Waals surface area contributed by atoms with Crippen molar-refractivity contribution >= 4 is 45.5 Å². The van der Waals surface area contributed by atoms with Crippen LogP contribution in [-0.4, -0.2) is 57.2 Å². The molecule has 0 aliphatic carbocycles. The summed E-state index contributed by atoms with van der Waals surface area (Å²) < 4.78 is 5.67. The molecule has 10 heteroatoms. The molecule has 170 valence electrons. The molecule has 1 saturated heterocycles. The monoisotopic (exact) mass is 448 g/mol. The summed E-state index contributed by atoms with van der Waals surface area (Å²) in [5.74, 6) is 1.09. The Hall–Kier alpha value is -4.08. The molecule has 0 atom stereocenters. The van der Waals surface area contributed by atoms with E-state index >= 15 is 0 Å². The molecule has 3 N–H and O–H groups in total. The highest BCUT2D eigenvalue weighted by Gasteiger charge is 2.27. The van der Waals surface area contributed by atoms with Gasteiger partial charge in [-0.05, 0) is 37.5 Å². The Labute approximate surface area is 188 Å². The maximum Gasteiger partial charge on any atom is 0.407 e. The summed E-state index contributed by atoms with van der Waals surface area (Å²) in [5, 5.41) is 13.5. The minimum Gasteiger partial charge on any atom is -0.465 e. The quantitative estimate of drug-likeness (QED) is 0.431. The number of anilines is 3. The number of H-pyrrole nitrogens is 1. The first-order valence-electron chi connectivity index (χ1n) is 10.8. The number of nitrogens with one attached hydrogen (secondary N) is 2. The molecule has 1 amide bonds. The Morgan fingerprint density at radius 3 is 2.79 bits per heavy atom. The standard InChI is InChI=1S/C23H24N6O4/c1-13-11-19(30)25-18-12-14(3-4-16(13)18)24-22-26-17-7-10-33-20(17)21(27-22)29-8-5-15(6-9-29)28(2)23(31)32/h3-4,7,10-12,15H,5-6,8-9H2,1-2H3,(H,25,30)(H,31,32)(H,24,26,27). The number of fused-ring (bicyclic) bond motifs is 2. The Kier molecular flexibility index (Phi) is 5.12. The Bertz CT molecular complexity index is 1400. The lowest BCUT2D eigenvalue weighted by Gasteiger charge is -2.36. The zero-order valence-electron chi connectivity index (χ0n) is 18.3. The number of carboxylic acid groups (broad SMARTS) is 1. The topological polar surface area (TPSA) is 128 Å². The highest BCUT2D eigenvalue weighted by atomic mass is 16.4. The summed E-state index contributed by atoms with van der Waals surface area (Å²) in [6.07, 6.45) is 2.08. The lowest BCUT2D eigenvalue weighted by atomic mass is 10.0. The smallest absolute Gasteiger partial charge is 0.407 e. The normalized spacial score (nSPS) is 14.7. The third-order valence-electron chi connectivity index (χ3n) is 6.21. The number of hydrogen-bond acceptors (Lipinski definition) is 7. The van der Waals surface area contributed by atoms with Crippen LogP contribution in [-0.2, 0) is 0 Å². The highest BCUT2D eigenvalue weighted by molar-refractivity contribution is 5.87. The SMILES string of the molecule is Cc1cc(=O)[nH]c2cc(Nc3nc(N4CCC(N(C)C(=O)O)CC4)c4occc4n3)ccc12. The molecule has 0 saturated carbocycles. The summed E-state index contributed by atoms with van der Waals surface area (Å²) in [6, 6.07) is 9.08. The van der Waals surface area contributed by atoms with Crippen LogP contribution >= 0.6 is 0 Å². The molecule has 1 fully saturated rings. The number of benzene rings is 1. The van der Waals surface area contributed by atoms with Gasteiger partial charge in [0.05, 0.1) is 11.8 Å². The first kappa shape index (κ1) is 20.8. The minimum atomic E-state index is -0.915. The van der Waals surface area contributed by atoms with Gasteiger partial charge < -0.3 is 29.6 Å². The predicted octanol–water partition coefficient (Wildman–Crippen LogP) is 3.69. The van der Waals surface area contributed by atoms with Crippen LogP contribution < -0.4 is 15.8 Å². The first-order valence-corrected chi connectivity index (χ1v) is 10.8. The average Bonchev–Trinajstić information content (AvgIpc) is 3.26. The van der Waals surface area contributed by atoms with E-state index < -0.39 is 6.09 Å². The van der Waals surface area contributed by atoms with Crippen LogP contribution in [0.4, 0.5) is 22.2 Å². The van der Waals surface area contributed by atoms with Crippen molar-refractivity contribution in [2.75, 3.05) is 30.4 Å². The van der Waals surface area contributed by atoms with Gasteiger partial charge in [0, 0.05) is 49.4 Å². The van der Waals surface area contributed by atoms with Gasteiger partial charge in [0.1, 0.15) is 5.52 Å². The van der Waals surface area contributed by atoms with Gasteiger partial charge in [0.15, 0.2) is 11.4 Å². The molecular formula is C23H24N6O4. The number of nitrogens with zero attached hydrogens (tertiary/aromatic N) is 4. The van der Waals surface area contributed by atoms with Gasteiger partial charge in [0.2, 0.25) is 11.5 Å². The lowest BCUT2D eigenvalue weighted by molar-refractivity contribution is 0.131. The lowest BCUT2D eigenvalue weighted by Crippen LogP contribution is -2.45. The fraction of sp³-hybridized carbons (Fsp3) is 0.304. The fourth-order valence-corrected chi connectivity index (χ4v) is 4.38. The molecule has 5 rings (SSSR count). The summed E-state index contributed by atoms with van der Waals surface area (Å²) in [4.78, 5) is 38.8. The molecule has 1 aromatic carbocycles. The molecule has 0 bridgehead atoms. The highest BCUT2D eigenvalue weighted by Crippen LogP contribution is 2.30. The third-order valence-corrected chi connectivity index (χ3v) is 6.21. The molecule has 4 heterocycles. The van der Waals surface area contributed by atoms with Gasteiger partial charge >= 0.3 is 6.09 Å². The van der Waals surface area contributed by atoms with E-state index in [1.54, 1.807) is 25.4 Å². The third kappa shape index (κ3) is 3.95. The van der Waals surface area contributed by atoms with Crippen molar-refractivity contribution in [1.82, 2.24) is 19.9 Å². The summed E-state index contributed by atoms with van der Waals surface area (Å²) in [7, 11) is 1.61. The zero-order chi connectivity index (χ0) is 23.1. The Morgan fingerprint density at radius 2 is 2.03 bits per heavy atom. The fourth-order valence-electron chi connectivity index (χ4n) is 4.38. The maximum absolute atomic E-state index is 11.9. The van der Waals surface area contributed by atoms with E-state index in [-0.39, 0.29) is 11.6 Å². The van der Waals surface area contributed by atoms with E-state index in [0.717, 1.165) is 22.2 Å². The van der Waals surface area contributed by atoms with Crippen molar-refractivity contribution in [3.8, 4) is 0 Å². The van der Waals surface area contributed by atoms with Crippen LogP contribution in [0, 0.1) is 6.92 Å². The van der Waals surface area contributed by atoms with E-state index in [2.05, 4.69) is 20.2 Å². The second kappa shape index (κ2) is 8.12. The molecule has 1 aliphatic rings. The number of aromatic nitrogens is 3. The van der Waals surface area contributed by atoms with Gasteiger partial charge in [-0.1, -0.05) is 6.07 Å². The van der Waals surface area contributed by atoms with Crippen LogP contribution in [0.5, 0.6) is 0 Å². The molecule has 4 aromatic rings. The van der Waals surface area contributed by atoms with Gasteiger partial charge in [0.25, 0.3) is 0 Å². The van der Waals surface area contributed by atoms with Crippen molar-refractivity contribution in [1.29, 1.82) is 0 Å². The van der Waals surface area contributed by atoms with Crippen LogP contribution in [0.3, 0.4) is 0 Å². The van der Waals surface area contributed by atoms with Crippen LogP contribution in [0.25, 0.3) is 22.0 Å². The summed E-state index contributed by atoms with van der Waals surface area (Å²) >= 11 is 0. The predicted molar refractivity (Wildman–Crippen MR) is 125 cm³/mol. The van der Waals surface area contributed by atoms with E-state index in [1.165, 1.54) is 4.90 Å². The maximum atomic E-state index is 11.9. The van der Waals surface area contributed by atoms with E-state index in [1.807, 2.05) is 25.1 Å². The second-order valence-corrected chi connectivity index (χ2v) is 8.32. The van der Waals surface area contributed by atoms with Crippen molar-refractivity contribution in [2.45, 2.75) is 25.8 Å². The minimum absolute atomic E-state index is 0.0199. The number of aromatic amines is 1. The van der Waals surface area contributed by atoms with E-state index in [0.29, 0.717) is 48.8 Å². The molecule has 33 heavy (non-hydrogen) atoms. The van der Waals surface area contributed by atoms with Crippen molar-refractivity contribution in [3.63, 3.8) is 0 Å². The molecule has 10 nitrogen and oxygen atoms in total. The number of hydrogen-bond donors (Lipinski definition) is 3. The summed E-state index contributed by atoms with van der Waals surface area (Å²) in [6.45, 7) is 3.22. The second-order valence-electron chi connectivity index (χ2n) is 8.32. The van der Waals surface area contributed by atoms with E-state index in [4.69, 9.17) is 9.40 Å². The zero-order valence-corrected chi connectivity index (χ0v) is 18.3. The van der Waals surface area contributed by atoms with Gasteiger partial charge in [-0.25, -0.2) is 9.78 Å². The number of aryl methyl sites for hydroxylation is 1. The van der Waals surface area contributed by atoms with Gasteiger partial charge in [-0.2, -0.15) is 4.98 Å². The number of rotatable bonds is 4. The molecule has 1 aliphatic heterocycles. The molecular weight excluding hydrogens is 424 g/mol. The average molecular weight is 448 g/mol. The van der Waals surface area contributed by atoms with Gasteiger partial charge in [-0.15, -0.1) is 0 Å². The van der Waals surface area contributed by atoms with Crippen molar-refractivity contribution in [3.05, 3.63) is 52.5 Å². The number of furan rings is 1. The molecule has 0 unspecified atom stereocenters. The first-order chi connectivity index (χ1) is 15.9. The molecule has 3 aromatic heterocycles. The largest absolute Gasteiger partial charge is 0.465 e. The number of pyridine rings is 1. The number of carbonyl (C=O) groups is 1. The number of piperidine rings is 1. The molecule has 0 radical (unpaired) electrons. The van der Waals surface area contributed by atoms with Crippen molar-refractivity contribution in [2.24, 2.45) is 0 Å². The summed E-state index contributed by atoms with van der Waals surface area (Å²) in [5.41, 5.74) is 3.53. The van der Waals surface area contributed by atoms with Crippen LogP contribution in [0.2, 0.25) is 0 Å². The van der Waals surface area contributed by atoms with E-state index in [9.17, 15) is 14.7 Å².